The molecule has 0 atom stereocenters. The zero-order chi connectivity index (χ0) is 12.0. The van der Waals surface area contributed by atoms with E-state index >= 15 is 0 Å². The lowest BCUT2D eigenvalue weighted by Gasteiger charge is -2.07. The Labute approximate surface area is 95.0 Å². The molecular formula is C12H16N2O2. The molecule has 16 heavy (non-hydrogen) atoms. The Hall–Kier alpha value is -1.84. The molecule has 2 amide bonds. The number of rotatable bonds is 4. The first kappa shape index (κ1) is 12.2. The Morgan fingerprint density at radius 1 is 1.19 bits per heavy atom. The van der Waals surface area contributed by atoms with Gasteiger partial charge in [-0.05, 0) is 24.6 Å². The summed E-state index contributed by atoms with van der Waals surface area (Å²) in [4.78, 5) is 22.2. The fourth-order valence-electron chi connectivity index (χ4n) is 1.33. The lowest BCUT2D eigenvalue weighted by Crippen LogP contribution is -2.11. The molecule has 86 valence electrons. The van der Waals surface area contributed by atoms with Crippen molar-refractivity contribution in [2.45, 2.75) is 26.7 Å². The minimum atomic E-state index is -0.128. The third kappa shape index (κ3) is 4.13. The topological polar surface area (TPSA) is 58.2 Å². The van der Waals surface area contributed by atoms with Crippen molar-refractivity contribution in [3.63, 3.8) is 0 Å². The predicted octanol–water partition coefficient (Wildman–Crippen LogP) is 2.38. The molecule has 1 aromatic rings. The summed E-state index contributed by atoms with van der Waals surface area (Å²) in [5, 5.41) is 5.43. The summed E-state index contributed by atoms with van der Waals surface area (Å²) < 4.78 is 0. The number of hydrogen-bond acceptors (Lipinski definition) is 2. The van der Waals surface area contributed by atoms with Crippen molar-refractivity contribution < 1.29 is 9.59 Å². The number of nitrogens with one attached hydrogen (secondary N) is 2. The molecule has 0 radical (unpaired) electrons. The van der Waals surface area contributed by atoms with Crippen molar-refractivity contribution in [3.8, 4) is 0 Å². The number of amides is 2. The van der Waals surface area contributed by atoms with Gasteiger partial charge in [-0.15, -0.1) is 0 Å². The average Bonchev–Trinajstić information content (AvgIpc) is 2.17. The zero-order valence-corrected chi connectivity index (χ0v) is 9.54. The van der Waals surface area contributed by atoms with Crippen molar-refractivity contribution in [3.05, 3.63) is 24.3 Å². The van der Waals surface area contributed by atoms with E-state index in [4.69, 9.17) is 0 Å². The van der Waals surface area contributed by atoms with Crippen LogP contribution in [0.25, 0.3) is 0 Å². The van der Waals surface area contributed by atoms with E-state index in [1.165, 1.54) is 6.92 Å². The van der Waals surface area contributed by atoms with E-state index in [0.29, 0.717) is 17.8 Å². The van der Waals surface area contributed by atoms with E-state index in [-0.39, 0.29) is 11.8 Å². The van der Waals surface area contributed by atoms with Gasteiger partial charge < -0.3 is 10.6 Å². The molecule has 0 spiro atoms. The predicted molar refractivity (Wildman–Crippen MR) is 64.3 cm³/mol. The quantitative estimate of drug-likeness (QED) is 0.818. The maximum Gasteiger partial charge on any atom is 0.224 e. The highest BCUT2D eigenvalue weighted by atomic mass is 16.2. The first-order valence-corrected chi connectivity index (χ1v) is 5.29. The molecule has 0 bridgehead atoms. The number of anilines is 2. The summed E-state index contributed by atoms with van der Waals surface area (Å²) in [5.41, 5.74) is 1.38. The summed E-state index contributed by atoms with van der Waals surface area (Å²) in [7, 11) is 0. The first-order chi connectivity index (χ1) is 7.61. The van der Waals surface area contributed by atoms with E-state index < -0.39 is 0 Å². The molecular weight excluding hydrogens is 204 g/mol. The zero-order valence-electron chi connectivity index (χ0n) is 9.54. The second-order valence-corrected chi connectivity index (χ2v) is 3.56. The second-order valence-electron chi connectivity index (χ2n) is 3.56. The summed E-state index contributed by atoms with van der Waals surface area (Å²) in [6, 6.07) is 7.08. The van der Waals surface area contributed by atoms with Crippen LogP contribution < -0.4 is 10.6 Å². The Bertz CT molecular complexity index is 388. The normalized spacial score (nSPS) is 9.62. The van der Waals surface area contributed by atoms with Crippen LogP contribution in [-0.4, -0.2) is 11.8 Å². The van der Waals surface area contributed by atoms with Crippen LogP contribution in [0.2, 0.25) is 0 Å². The van der Waals surface area contributed by atoms with Gasteiger partial charge in [0.2, 0.25) is 11.8 Å². The number of carbonyl (C=O) groups is 2. The second kappa shape index (κ2) is 5.90. The number of hydrogen-bond donors (Lipinski definition) is 2. The van der Waals surface area contributed by atoms with Crippen LogP contribution in [0, 0.1) is 0 Å². The molecule has 0 aliphatic carbocycles. The van der Waals surface area contributed by atoms with Gasteiger partial charge in [-0.1, -0.05) is 13.0 Å². The Morgan fingerprint density at radius 3 is 2.38 bits per heavy atom. The van der Waals surface area contributed by atoms with Crippen molar-refractivity contribution in [2.75, 3.05) is 10.6 Å². The van der Waals surface area contributed by atoms with Crippen molar-refractivity contribution in [2.24, 2.45) is 0 Å². The van der Waals surface area contributed by atoms with Crippen molar-refractivity contribution in [1.29, 1.82) is 0 Å². The lowest BCUT2D eigenvalue weighted by molar-refractivity contribution is -0.116. The van der Waals surface area contributed by atoms with E-state index in [2.05, 4.69) is 10.6 Å². The van der Waals surface area contributed by atoms with Gasteiger partial charge in [-0.2, -0.15) is 0 Å². The fraction of sp³-hybridized carbons (Fsp3) is 0.333. The molecule has 4 heteroatoms. The van der Waals surface area contributed by atoms with E-state index in [1.807, 2.05) is 6.92 Å². The minimum absolute atomic E-state index is 0.0116. The van der Waals surface area contributed by atoms with Crippen LogP contribution in [0.5, 0.6) is 0 Å². The molecule has 4 nitrogen and oxygen atoms in total. The fourth-order valence-corrected chi connectivity index (χ4v) is 1.33. The standard InChI is InChI=1S/C12H16N2O2/c1-3-5-12(16)14-11-7-4-6-10(8-11)13-9(2)15/h4,6-8H,3,5H2,1-2H3,(H,13,15)(H,14,16). The lowest BCUT2D eigenvalue weighted by atomic mass is 10.2. The first-order valence-electron chi connectivity index (χ1n) is 5.29. The van der Waals surface area contributed by atoms with Gasteiger partial charge in [0.1, 0.15) is 0 Å². The van der Waals surface area contributed by atoms with Crippen LogP contribution in [0.4, 0.5) is 11.4 Å². The van der Waals surface area contributed by atoms with Gasteiger partial charge in [0.05, 0.1) is 0 Å². The van der Waals surface area contributed by atoms with E-state index in [0.717, 1.165) is 6.42 Å². The Kier molecular flexibility index (Phi) is 4.51. The van der Waals surface area contributed by atoms with Gasteiger partial charge >= 0.3 is 0 Å². The highest BCUT2D eigenvalue weighted by molar-refractivity contribution is 5.93. The molecule has 0 heterocycles. The van der Waals surface area contributed by atoms with Gasteiger partial charge in [-0.3, -0.25) is 9.59 Å². The SMILES string of the molecule is CCCC(=O)Nc1cccc(NC(C)=O)c1. The van der Waals surface area contributed by atoms with Gasteiger partial charge in [0, 0.05) is 24.7 Å². The maximum absolute atomic E-state index is 11.3. The highest BCUT2D eigenvalue weighted by Crippen LogP contribution is 2.15. The third-order valence-corrected chi connectivity index (χ3v) is 1.94. The third-order valence-electron chi connectivity index (χ3n) is 1.94. The largest absolute Gasteiger partial charge is 0.326 e. The molecule has 2 N–H and O–H groups in total. The summed E-state index contributed by atoms with van der Waals surface area (Å²) >= 11 is 0. The van der Waals surface area contributed by atoms with Crippen molar-refractivity contribution >= 4 is 23.2 Å². The van der Waals surface area contributed by atoms with Crippen LogP contribution in [-0.2, 0) is 9.59 Å². The molecule has 0 aliphatic heterocycles. The van der Waals surface area contributed by atoms with Crippen LogP contribution in [0.1, 0.15) is 26.7 Å². The molecule has 0 fully saturated rings. The average molecular weight is 220 g/mol. The van der Waals surface area contributed by atoms with Crippen LogP contribution in [0.15, 0.2) is 24.3 Å². The van der Waals surface area contributed by atoms with Crippen molar-refractivity contribution in [1.82, 2.24) is 0 Å². The Balaban J connectivity index is 2.67. The molecule has 0 aliphatic rings. The monoisotopic (exact) mass is 220 g/mol. The van der Waals surface area contributed by atoms with Gasteiger partial charge in [-0.25, -0.2) is 0 Å². The summed E-state index contributed by atoms with van der Waals surface area (Å²) in [6.45, 7) is 3.40. The highest BCUT2D eigenvalue weighted by Gasteiger charge is 2.01. The van der Waals surface area contributed by atoms with E-state index in [9.17, 15) is 9.59 Å². The summed E-state index contributed by atoms with van der Waals surface area (Å²) in [5.74, 6) is -0.139. The molecule has 1 rings (SSSR count). The van der Waals surface area contributed by atoms with Crippen LogP contribution in [0.3, 0.4) is 0 Å². The smallest absolute Gasteiger partial charge is 0.224 e. The van der Waals surface area contributed by atoms with Gasteiger partial charge in [0.25, 0.3) is 0 Å². The summed E-state index contributed by atoms with van der Waals surface area (Å²) in [6.07, 6.45) is 1.32. The van der Waals surface area contributed by atoms with E-state index in [1.54, 1.807) is 24.3 Å². The number of benzene rings is 1. The van der Waals surface area contributed by atoms with Gasteiger partial charge in [0.15, 0.2) is 0 Å². The Morgan fingerprint density at radius 2 is 1.81 bits per heavy atom. The minimum Gasteiger partial charge on any atom is -0.326 e. The molecule has 1 aromatic carbocycles. The molecule has 0 saturated heterocycles. The molecule has 0 aromatic heterocycles. The molecule has 0 saturated carbocycles. The number of carbonyl (C=O) groups excluding carboxylic acids is 2. The molecule has 0 unspecified atom stereocenters. The van der Waals surface area contributed by atoms with Crippen LogP contribution >= 0.6 is 0 Å². The maximum atomic E-state index is 11.3.